The summed E-state index contributed by atoms with van der Waals surface area (Å²) in [6, 6.07) is 10.1. The number of hydrogen-bond acceptors (Lipinski definition) is 4. The van der Waals surface area contributed by atoms with Gasteiger partial charge in [0.1, 0.15) is 0 Å². The van der Waals surface area contributed by atoms with E-state index in [1.165, 1.54) is 5.56 Å². The van der Waals surface area contributed by atoms with E-state index in [-0.39, 0.29) is 36.9 Å². The molecule has 0 spiro atoms. The third-order valence-electron chi connectivity index (χ3n) is 4.58. The Morgan fingerprint density at radius 1 is 1.17 bits per heavy atom. The zero-order chi connectivity index (χ0) is 16.2. The molecule has 3 amide bonds. The van der Waals surface area contributed by atoms with Crippen LogP contribution in [0.3, 0.4) is 0 Å². The molecule has 0 radical (unpaired) electrons. The fourth-order valence-corrected chi connectivity index (χ4v) is 3.22. The zero-order valence-electron chi connectivity index (χ0n) is 13.6. The van der Waals surface area contributed by atoms with Gasteiger partial charge in [0.15, 0.2) is 0 Å². The Balaban J connectivity index is 0.00000208. The lowest BCUT2D eigenvalue weighted by Gasteiger charge is -2.16. The van der Waals surface area contributed by atoms with Gasteiger partial charge in [0.05, 0.1) is 6.54 Å². The van der Waals surface area contributed by atoms with Gasteiger partial charge in [-0.1, -0.05) is 30.3 Å². The molecule has 132 valence electrons. The van der Waals surface area contributed by atoms with Crippen LogP contribution in [0, 0.1) is 5.92 Å². The van der Waals surface area contributed by atoms with E-state index < -0.39 is 0 Å². The standard InChI is InChI=1S/C17H24N4O2.ClH/c18-8-13-9-21(10-15(13)12-4-2-1-3-5-12)11-16(22)20-17(23)19-14-6-7-14;/h1-5,13-15H,6-11,18H2,(H2,19,20,22,23);1H/t13-,15+;/m1./s1. The minimum absolute atomic E-state index is 0. The van der Waals surface area contributed by atoms with Crippen LogP contribution in [0.1, 0.15) is 24.3 Å². The Morgan fingerprint density at radius 3 is 2.50 bits per heavy atom. The third kappa shape index (κ3) is 4.93. The second-order valence-electron chi connectivity index (χ2n) is 6.50. The molecule has 2 atom stereocenters. The number of rotatable bonds is 5. The highest BCUT2D eigenvalue weighted by Crippen LogP contribution is 2.31. The number of nitrogens with zero attached hydrogens (tertiary/aromatic N) is 1. The summed E-state index contributed by atoms with van der Waals surface area (Å²) in [4.78, 5) is 25.7. The van der Waals surface area contributed by atoms with Crippen LogP contribution in [0.4, 0.5) is 4.79 Å². The fourth-order valence-electron chi connectivity index (χ4n) is 3.22. The van der Waals surface area contributed by atoms with Crippen molar-refractivity contribution < 1.29 is 9.59 Å². The SMILES string of the molecule is Cl.NC[C@@H]1CN(CC(=O)NC(=O)NC2CC2)C[C@H]1c1ccccc1. The number of urea groups is 1. The van der Waals surface area contributed by atoms with Gasteiger partial charge in [0, 0.05) is 25.0 Å². The Kier molecular flexibility index (Phi) is 6.60. The van der Waals surface area contributed by atoms with E-state index in [2.05, 4.69) is 27.7 Å². The molecule has 1 aliphatic carbocycles. The van der Waals surface area contributed by atoms with Crippen molar-refractivity contribution in [3.63, 3.8) is 0 Å². The van der Waals surface area contributed by atoms with Crippen molar-refractivity contribution in [2.24, 2.45) is 11.7 Å². The predicted octanol–water partition coefficient (Wildman–Crippen LogP) is 1.07. The fraction of sp³-hybridized carbons (Fsp3) is 0.529. The molecule has 1 saturated heterocycles. The second kappa shape index (κ2) is 8.46. The van der Waals surface area contributed by atoms with Crippen LogP contribution in [-0.2, 0) is 4.79 Å². The summed E-state index contributed by atoms with van der Waals surface area (Å²) in [5.74, 6) is 0.424. The molecule has 24 heavy (non-hydrogen) atoms. The van der Waals surface area contributed by atoms with Crippen LogP contribution in [0.5, 0.6) is 0 Å². The number of benzene rings is 1. The van der Waals surface area contributed by atoms with Crippen LogP contribution in [0.15, 0.2) is 30.3 Å². The van der Waals surface area contributed by atoms with Crippen molar-refractivity contribution >= 4 is 24.3 Å². The molecule has 3 rings (SSSR count). The molecule has 0 aromatic heterocycles. The first-order chi connectivity index (χ1) is 11.2. The highest BCUT2D eigenvalue weighted by molar-refractivity contribution is 5.95. The van der Waals surface area contributed by atoms with E-state index in [4.69, 9.17) is 5.73 Å². The minimum Gasteiger partial charge on any atom is -0.335 e. The molecule has 4 N–H and O–H groups in total. The van der Waals surface area contributed by atoms with Gasteiger partial charge in [-0.25, -0.2) is 4.79 Å². The van der Waals surface area contributed by atoms with Crippen molar-refractivity contribution in [1.82, 2.24) is 15.5 Å². The first-order valence-electron chi connectivity index (χ1n) is 8.23. The van der Waals surface area contributed by atoms with Crippen LogP contribution < -0.4 is 16.4 Å². The first-order valence-corrected chi connectivity index (χ1v) is 8.23. The molecule has 0 unspecified atom stereocenters. The Bertz CT molecular complexity index is 565. The summed E-state index contributed by atoms with van der Waals surface area (Å²) < 4.78 is 0. The van der Waals surface area contributed by atoms with Crippen LogP contribution in [-0.4, -0.2) is 49.1 Å². The van der Waals surface area contributed by atoms with Gasteiger partial charge < -0.3 is 11.1 Å². The number of carbonyl (C=O) groups excluding carboxylic acids is 2. The summed E-state index contributed by atoms with van der Waals surface area (Å²) in [5.41, 5.74) is 7.17. The number of likely N-dealkylation sites (tertiary alicyclic amines) is 1. The summed E-state index contributed by atoms with van der Waals surface area (Å²) in [6.45, 7) is 2.41. The molecule has 2 fully saturated rings. The molecule has 2 aliphatic rings. The van der Waals surface area contributed by atoms with Gasteiger partial charge >= 0.3 is 6.03 Å². The zero-order valence-corrected chi connectivity index (χ0v) is 14.4. The number of carbonyl (C=O) groups is 2. The van der Waals surface area contributed by atoms with Gasteiger partial charge in [-0.05, 0) is 30.9 Å². The number of halogens is 1. The average molecular weight is 353 g/mol. The predicted molar refractivity (Wildman–Crippen MR) is 95.1 cm³/mol. The normalized spacial score (nSPS) is 23.4. The lowest BCUT2D eigenvalue weighted by atomic mass is 9.89. The topological polar surface area (TPSA) is 87.5 Å². The Hall–Kier alpha value is -1.63. The van der Waals surface area contributed by atoms with E-state index >= 15 is 0 Å². The summed E-state index contributed by atoms with van der Waals surface area (Å²) in [6.07, 6.45) is 2.01. The maximum Gasteiger partial charge on any atom is 0.321 e. The maximum absolute atomic E-state index is 12.0. The Morgan fingerprint density at radius 2 is 1.88 bits per heavy atom. The van der Waals surface area contributed by atoms with Gasteiger partial charge in [-0.15, -0.1) is 12.4 Å². The molecular weight excluding hydrogens is 328 g/mol. The number of nitrogens with two attached hydrogens (primary N) is 1. The summed E-state index contributed by atoms with van der Waals surface area (Å²) in [5, 5.41) is 5.16. The van der Waals surface area contributed by atoms with E-state index in [1.54, 1.807) is 0 Å². The lowest BCUT2D eigenvalue weighted by molar-refractivity contribution is -0.120. The van der Waals surface area contributed by atoms with Crippen molar-refractivity contribution in [3.05, 3.63) is 35.9 Å². The number of imide groups is 1. The smallest absolute Gasteiger partial charge is 0.321 e. The molecule has 6 nitrogen and oxygen atoms in total. The summed E-state index contributed by atoms with van der Waals surface area (Å²) >= 11 is 0. The van der Waals surface area contributed by atoms with Crippen LogP contribution in [0.25, 0.3) is 0 Å². The molecular formula is C17H25ClN4O2. The summed E-state index contributed by atoms with van der Waals surface area (Å²) in [7, 11) is 0. The average Bonchev–Trinajstić information content (AvgIpc) is 3.25. The van der Waals surface area contributed by atoms with Crippen molar-refractivity contribution in [2.45, 2.75) is 24.8 Å². The molecule has 1 saturated carbocycles. The van der Waals surface area contributed by atoms with Gasteiger partial charge in [-0.3, -0.25) is 15.0 Å². The molecule has 1 aliphatic heterocycles. The molecule has 1 aromatic rings. The second-order valence-corrected chi connectivity index (χ2v) is 6.50. The van der Waals surface area contributed by atoms with E-state index in [0.29, 0.717) is 18.4 Å². The molecule has 7 heteroatoms. The number of hydrogen-bond donors (Lipinski definition) is 3. The van der Waals surface area contributed by atoms with E-state index in [9.17, 15) is 9.59 Å². The third-order valence-corrected chi connectivity index (χ3v) is 4.58. The van der Waals surface area contributed by atoms with E-state index in [1.807, 2.05) is 18.2 Å². The first kappa shape index (κ1) is 18.7. The largest absolute Gasteiger partial charge is 0.335 e. The monoisotopic (exact) mass is 352 g/mol. The van der Waals surface area contributed by atoms with Crippen molar-refractivity contribution in [1.29, 1.82) is 0 Å². The van der Waals surface area contributed by atoms with E-state index in [0.717, 1.165) is 25.9 Å². The molecule has 1 aromatic carbocycles. The van der Waals surface area contributed by atoms with Crippen LogP contribution >= 0.6 is 12.4 Å². The van der Waals surface area contributed by atoms with Crippen molar-refractivity contribution in [2.75, 3.05) is 26.2 Å². The number of nitrogens with one attached hydrogen (secondary N) is 2. The van der Waals surface area contributed by atoms with Gasteiger partial charge in [-0.2, -0.15) is 0 Å². The van der Waals surface area contributed by atoms with Gasteiger partial charge in [0.2, 0.25) is 5.91 Å². The van der Waals surface area contributed by atoms with Gasteiger partial charge in [0.25, 0.3) is 0 Å². The molecule has 1 heterocycles. The number of amides is 3. The van der Waals surface area contributed by atoms with Crippen LogP contribution in [0.2, 0.25) is 0 Å². The highest BCUT2D eigenvalue weighted by Gasteiger charge is 2.33. The van der Waals surface area contributed by atoms with Crippen molar-refractivity contribution in [3.8, 4) is 0 Å². The quantitative estimate of drug-likeness (QED) is 0.739. The Labute approximate surface area is 148 Å². The lowest BCUT2D eigenvalue weighted by Crippen LogP contribution is -2.44. The molecule has 0 bridgehead atoms. The minimum atomic E-state index is -0.383. The highest BCUT2D eigenvalue weighted by atomic mass is 35.5. The maximum atomic E-state index is 12.0.